The molecule has 0 spiro atoms. The summed E-state index contributed by atoms with van der Waals surface area (Å²) >= 11 is 0. The molecule has 1 aromatic rings. The van der Waals surface area contributed by atoms with E-state index < -0.39 is 0 Å². The highest BCUT2D eigenvalue weighted by molar-refractivity contribution is 5.23. The third-order valence-corrected chi connectivity index (χ3v) is 3.14. The normalized spacial score (nSPS) is 17.1. The molecule has 1 fully saturated rings. The Labute approximate surface area is 104 Å². The van der Waals surface area contributed by atoms with Gasteiger partial charge in [-0.2, -0.15) is 0 Å². The number of ether oxygens (including phenoxy) is 1. The third-order valence-electron chi connectivity index (χ3n) is 3.14. The number of hydrogen-bond acceptors (Lipinski definition) is 2. The van der Waals surface area contributed by atoms with Crippen LogP contribution >= 0.6 is 0 Å². The van der Waals surface area contributed by atoms with Gasteiger partial charge in [0.05, 0.1) is 6.10 Å². The van der Waals surface area contributed by atoms with E-state index in [0.717, 1.165) is 25.6 Å². The lowest BCUT2D eigenvalue weighted by atomic mass is 10.1. The van der Waals surface area contributed by atoms with Gasteiger partial charge in [-0.1, -0.05) is 36.8 Å². The average molecular weight is 233 g/mol. The topological polar surface area (TPSA) is 21.3 Å². The second kappa shape index (κ2) is 6.18. The fourth-order valence-electron chi connectivity index (χ4n) is 1.88. The summed E-state index contributed by atoms with van der Waals surface area (Å²) in [5.74, 6) is 0. The maximum Gasteiger partial charge on any atom is 0.0949 e. The first-order valence-electron chi connectivity index (χ1n) is 6.71. The van der Waals surface area contributed by atoms with Gasteiger partial charge in [0.15, 0.2) is 0 Å². The summed E-state index contributed by atoms with van der Waals surface area (Å²) in [6.07, 6.45) is 3.94. The van der Waals surface area contributed by atoms with E-state index >= 15 is 0 Å². The van der Waals surface area contributed by atoms with Gasteiger partial charge in [-0.25, -0.2) is 0 Å². The minimum Gasteiger partial charge on any atom is -0.372 e. The van der Waals surface area contributed by atoms with Gasteiger partial charge < -0.3 is 10.1 Å². The Bertz CT molecular complexity index is 329. The van der Waals surface area contributed by atoms with Gasteiger partial charge in [-0.3, -0.25) is 0 Å². The van der Waals surface area contributed by atoms with E-state index in [1.165, 1.54) is 24.0 Å². The molecule has 1 aliphatic carbocycles. The maximum atomic E-state index is 5.93. The molecule has 1 saturated carbocycles. The van der Waals surface area contributed by atoms with E-state index in [0.29, 0.717) is 0 Å². The Kier molecular flexibility index (Phi) is 4.57. The maximum absolute atomic E-state index is 5.93. The van der Waals surface area contributed by atoms with Crippen molar-refractivity contribution in [1.82, 2.24) is 5.32 Å². The fraction of sp³-hybridized carbons (Fsp3) is 0.600. The SMILES string of the molecule is CCCOC(CNC1CC1)c1ccc(C)cc1. The van der Waals surface area contributed by atoms with Crippen LogP contribution in [-0.2, 0) is 4.74 Å². The predicted octanol–water partition coefficient (Wildman–Crippen LogP) is 3.21. The Morgan fingerprint density at radius 1 is 1.29 bits per heavy atom. The molecule has 0 saturated heterocycles. The highest BCUT2D eigenvalue weighted by Crippen LogP contribution is 2.22. The van der Waals surface area contributed by atoms with Crippen LogP contribution in [-0.4, -0.2) is 19.2 Å². The number of aryl methyl sites for hydroxylation is 1. The summed E-state index contributed by atoms with van der Waals surface area (Å²) in [7, 11) is 0. The minimum atomic E-state index is 0.205. The summed E-state index contributed by atoms with van der Waals surface area (Å²) in [5, 5.41) is 3.55. The second-order valence-corrected chi connectivity index (χ2v) is 4.95. The second-order valence-electron chi connectivity index (χ2n) is 4.95. The van der Waals surface area contributed by atoms with Gasteiger partial charge >= 0.3 is 0 Å². The zero-order chi connectivity index (χ0) is 12.1. The zero-order valence-corrected chi connectivity index (χ0v) is 10.9. The molecule has 2 heteroatoms. The van der Waals surface area contributed by atoms with E-state index in [-0.39, 0.29) is 6.10 Å². The average Bonchev–Trinajstić information content (AvgIpc) is 3.15. The summed E-state index contributed by atoms with van der Waals surface area (Å²) in [5.41, 5.74) is 2.59. The molecule has 0 aliphatic heterocycles. The molecule has 0 amide bonds. The summed E-state index contributed by atoms with van der Waals surface area (Å²) < 4.78 is 5.93. The van der Waals surface area contributed by atoms with Crippen molar-refractivity contribution in [3.63, 3.8) is 0 Å². The van der Waals surface area contributed by atoms with Gasteiger partial charge in [0, 0.05) is 19.2 Å². The lowest BCUT2D eigenvalue weighted by Gasteiger charge is -2.19. The first-order valence-corrected chi connectivity index (χ1v) is 6.71. The molecular formula is C15H23NO. The fourth-order valence-corrected chi connectivity index (χ4v) is 1.88. The quantitative estimate of drug-likeness (QED) is 0.781. The van der Waals surface area contributed by atoms with Crippen LogP contribution < -0.4 is 5.32 Å². The van der Waals surface area contributed by atoms with Gasteiger partial charge in [-0.15, -0.1) is 0 Å². The molecule has 0 radical (unpaired) electrons. The van der Waals surface area contributed by atoms with Crippen LogP contribution in [0.5, 0.6) is 0 Å². The minimum absolute atomic E-state index is 0.205. The van der Waals surface area contributed by atoms with E-state index in [4.69, 9.17) is 4.74 Å². The Balaban J connectivity index is 1.93. The van der Waals surface area contributed by atoms with Crippen molar-refractivity contribution in [2.45, 2.75) is 45.3 Å². The highest BCUT2D eigenvalue weighted by Gasteiger charge is 2.22. The summed E-state index contributed by atoms with van der Waals surface area (Å²) in [6.45, 7) is 6.05. The van der Waals surface area contributed by atoms with Crippen LogP contribution in [0.25, 0.3) is 0 Å². The standard InChI is InChI=1S/C15H23NO/c1-3-10-17-15(11-16-14-8-9-14)13-6-4-12(2)5-7-13/h4-7,14-16H,3,8-11H2,1-2H3. The molecule has 1 unspecified atom stereocenters. The van der Waals surface area contributed by atoms with Crippen LogP contribution in [0.1, 0.15) is 43.4 Å². The van der Waals surface area contributed by atoms with E-state index in [1.807, 2.05) is 0 Å². The molecule has 94 valence electrons. The highest BCUT2D eigenvalue weighted by atomic mass is 16.5. The first-order chi connectivity index (χ1) is 8.29. The molecule has 2 nitrogen and oxygen atoms in total. The molecule has 1 aromatic carbocycles. The van der Waals surface area contributed by atoms with E-state index in [2.05, 4.69) is 43.4 Å². The molecule has 1 aliphatic rings. The van der Waals surface area contributed by atoms with Crippen molar-refractivity contribution in [3.05, 3.63) is 35.4 Å². The monoisotopic (exact) mass is 233 g/mol. The van der Waals surface area contributed by atoms with E-state index in [1.54, 1.807) is 0 Å². The molecule has 1 N–H and O–H groups in total. The van der Waals surface area contributed by atoms with Gasteiger partial charge in [0.2, 0.25) is 0 Å². The van der Waals surface area contributed by atoms with Crippen LogP contribution in [0.2, 0.25) is 0 Å². The molecule has 0 bridgehead atoms. The number of nitrogens with one attached hydrogen (secondary N) is 1. The molecule has 2 rings (SSSR count). The molecule has 0 heterocycles. The Hall–Kier alpha value is -0.860. The molecule has 0 aromatic heterocycles. The lowest BCUT2D eigenvalue weighted by Crippen LogP contribution is -2.25. The smallest absolute Gasteiger partial charge is 0.0949 e. The molecule has 17 heavy (non-hydrogen) atoms. The summed E-state index contributed by atoms with van der Waals surface area (Å²) in [6, 6.07) is 9.44. The Morgan fingerprint density at radius 3 is 2.59 bits per heavy atom. The predicted molar refractivity (Wildman–Crippen MR) is 71.2 cm³/mol. The van der Waals surface area contributed by atoms with Crippen molar-refractivity contribution in [2.75, 3.05) is 13.2 Å². The van der Waals surface area contributed by atoms with Crippen molar-refractivity contribution in [3.8, 4) is 0 Å². The zero-order valence-electron chi connectivity index (χ0n) is 10.9. The van der Waals surface area contributed by atoms with Gasteiger partial charge in [-0.05, 0) is 31.7 Å². The molecule has 1 atom stereocenters. The van der Waals surface area contributed by atoms with Crippen molar-refractivity contribution in [2.24, 2.45) is 0 Å². The number of rotatable bonds is 7. The third kappa shape index (κ3) is 4.14. The van der Waals surface area contributed by atoms with Gasteiger partial charge in [0.25, 0.3) is 0 Å². The van der Waals surface area contributed by atoms with E-state index in [9.17, 15) is 0 Å². The van der Waals surface area contributed by atoms with Crippen molar-refractivity contribution >= 4 is 0 Å². The lowest BCUT2D eigenvalue weighted by molar-refractivity contribution is 0.0527. The van der Waals surface area contributed by atoms with Gasteiger partial charge in [0.1, 0.15) is 0 Å². The first kappa shape index (κ1) is 12.6. The number of benzene rings is 1. The van der Waals surface area contributed by atoms with Crippen LogP contribution in [0.15, 0.2) is 24.3 Å². The largest absolute Gasteiger partial charge is 0.372 e. The van der Waals surface area contributed by atoms with Crippen LogP contribution in [0.3, 0.4) is 0 Å². The van der Waals surface area contributed by atoms with Crippen molar-refractivity contribution in [1.29, 1.82) is 0 Å². The van der Waals surface area contributed by atoms with Crippen LogP contribution in [0, 0.1) is 6.92 Å². The van der Waals surface area contributed by atoms with Crippen LogP contribution in [0.4, 0.5) is 0 Å². The summed E-state index contributed by atoms with van der Waals surface area (Å²) in [4.78, 5) is 0. The number of hydrogen-bond donors (Lipinski definition) is 1. The molecular weight excluding hydrogens is 210 g/mol. The van der Waals surface area contributed by atoms with Crippen molar-refractivity contribution < 1.29 is 4.74 Å². The Morgan fingerprint density at radius 2 is 2.00 bits per heavy atom.